The van der Waals surface area contributed by atoms with Crippen LogP contribution in [-0.4, -0.2) is 9.97 Å². The van der Waals surface area contributed by atoms with Crippen molar-refractivity contribution in [3.05, 3.63) is 46.6 Å². The zero-order valence-electron chi connectivity index (χ0n) is 10.9. The highest BCUT2D eigenvalue weighted by Gasteiger charge is 2.09. The van der Waals surface area contributed by atoms with Crippen LogP contribution in [0.1, 0.15) is 31.2 Å². The van der Waals surface area contributed by atoms with E-state index < -0.39 is 0 Å². The molecule has 0 saturated carbocycles. The highest BCUT2D eigenvalue weighted by molar-refractivity contribution is 6.29. The molecule has 5 heteroatoms. The van der Waals surface area contributed by atoms with Gasteiger partial charge in [0.1, 0.15) is 22.5 Å². The standard InChI is InChI=1S/C14H14ClFN2O/c1-8(2)14-17-12(15)7-13(18-14)19-10-5-4-9(3)11(16)6-10/h4-8H,1-3H3. The van der Waals surface area contributed by atoms with Crippen LogP contribution in [0, 0.1) is 12.7 Å². The van der Waals surface area contributed by atoms with E-state index in [4.69, 9.17) is 16.3 Å². The Hall–Kier alpha value is -1.68. The highest BCUT2D eigenvalue weighted by atomic mass is 35.5. The molecule has 0 N–H and O–H groups in total. The van der Waals surface area contributed by atoms with Crippen molar-refractivity contribution in [2.75, 3.05) is 0 Å². The number of aryl methyl sites for hydroxylation is 1. The summed E-state index contributed by atoms with van der Waals surface area (Å²) in [6.07, 6.45) is 0. The lowest BCUT2D eigenvalue weighted by Crippen LogP contribution is -2.00. The maximum absolute atomic E-state index is 13.4. The van der Waals surface area contributed by atoms with E-state index in [0.29, 0.717) is 28.2 Å². The molecule has 19 heavy (non-hydrogen) atoms. The van der Waals surface area contributed by atoms with Gasteiger partial charge in [-0.15, -0.1) is 0 Å². The first-order valence-corrected chi connectivity index (χ1v) is 6.32. The molecule has 0 unspecified atom stereocenters. The van der Waals surface area contributed by atoms with Gasteiger partial charge >= 0.3 is 0 Å². The largest absolute Gasteiger partial charge is 0.439 e. The normalized spacial score (nSPS) is 10.8. The van der Waals surface area contributed by atoms with Crippen LogP contribution < -0.4 is 4.74 Å². The summed E-state index contributed by atoms with van der Waals surface area (Å²) < 4.78 is 18.9. The molecule has 1 aromatic carbocycles. The lowest BCUT2D eigenvalue weighted by atomic mass is 10.2. The molecule has 0 aliphatic carbocycles. The first kappa shape index (κ1) is 13.7. The quantitative estimate of drug-likeness (QED) is 0.777. The van der Waals surface area contributed by atoms with Crippen LogP contribution in [0.15, 0.2) is 24.3 Å². The van der Waals surface area contributed by atoms with Crippen LogP contribution in [0.2, 0.25) is 5.15 Å². The second-order valence-corrected chi connectivity index (χ2v) is 4.94. The van der Waals surface area contributed by atoms with Crippen molar-refractivity contribution in [2.24, 2.45) is 0 Å². The van der Waals surface area contributed by atoms with E-state index in [0.717, 1.165) is 0 Å². The van der Waals surface area contributed by atoms with Crippen molar-refractivity contribution >= 4 is 11.6 Å². The molecule has 0 radical (unpaired) electrons. The molecular formula is C14H14ClFN2O. The average molecular weight is 281 g/mol. The van der Waals surface area contributed by atoms with Crippen molar-refractivity contribution in [3.63, 3.8) is 0 Å². The van der Waals surface area contributed by atoms with E-state index in [-0.39, 0.29) is 11.7 Å². The third-order valence-electron chi connectivity index (χ3n) is 2.57. The zero-order valence-corrected chi connectivity index (χ0v) is 11.7. The van der Waals surface area contributed by atoms with Crippen molar-refractivity contribution in [3.8, 4) is 11.6 Å². The summed E-state index contributed by atoms with van der Waals surface area (Å²) in [5.41, 5.74) is 0.566. The van der Waals surface area contributed by atoms with Gasteiger partial charge in [-0.2, -0.15) is 4.98 Å². The van der Waals surface area contributed by atoms with E-state index in [2.05, 4.69) is 9.97 Å². The number of halogens is 2. The van der Waals surface area contributed by atoms with Gasteiger partial charge in [-0.1, -0.05) is 31.5 Å². The summed E-state index contributed by atoms with van der Waals surface area (Å²) in [6, 6.07) is 6.16. The third-order valence-corrected chi connectivity index (χ3v) is 2.76. The molecule has 100 valence electrons. The van der Waals surface area contributed by atoms with Gasteiger partial charge in [0.2, 0.25) is 5.88 Å². The van der Waals surface area contributed by atoms with Crippen molar-refractivity contribution in [2.45, 2.75) is 26.7 Å². The number of aromatic nitrogens is 2. The van der Waals surface area contributed by atoms with Crippen LogP contribution in [-0.2, 0) is 0 Å². The smallest absolute Gasteiger partial charge is 0.224 e. The maximum atomic E-state index is 13.4. The van der Waals surface area contributed by atoms with E-state index in [1.165, 1.54) is 12.1 Å². The summed E-state index contributed by atoms with van der Waals surface area (Å²) in [5.74, 6) is 1.10. The summed E-state index contributed by atoms with van der Waals surface area (Å²) >= 11 is 5.91. The average Bonchev–Trinajstić information content (AvgIpc) is 2.33. The van der Waals surface area contributed by atoms with Gasteiger partial charge < -0.3 is 4.74 Å². The Balaban J connectivity index is 2.29. The third kappa shape index (κ3) is 3.41. The molecule has 0 saturated heterocycles. The van der Waals surface area contributed by atoms with Crippen LogP contribution in [0.5, 0.6) is 11.6 Å². The Morgan fingerprint density at radius 1 is 1.21 bits per heavy atom. The minimum Gasteiger partial charge on any atom is -0.439 e. The zero-order chi connectivity index (χ0) is 14.0. The summed E-state index contributed by atoms with van der Waals surface area (Å²) in [7, 11) is 0. The SMILES string of the molecule is Cc1ccc(Oc2cc(Cl)nc(C(C)C)n2)cc1F. The summed E-state index contributed by atoms with van der Waals surface area (Å²) in [5, 5.41) is 0.307. The lowest BCUT2D eigenvalue weighted by Gasteiger charge is -2.09. The molecule has 1 aromatic heterocycles. The molecule has 0 spiro atoms. The van der Waals surface area contributed by atoms with Crippen molar-refractivity contribution in [1.29, 1.82) is 0 Å². The van der Waals surface area contributed by atoms with E-state index >= 15 is 0 Å². The van der Waals surface area contributed by atoms with E-state index in [1.54, 1.807) is 19.1 Å². The van der Waals surface area contributed by atoms with E-state index in [1.807, 2.05) is 13.8 Å². The van der Waals surface area contributed by atoms with Gasteiger partial charge in [-0.3, -0.25) is 0 Å². The number of rotatable bonds is 3. The highest BCUT2D eigenvalue weighted by Crippen LogP contribution is 2.25. The Bertz CT molecular complexity index is 602. The van der Waals surface area contributed by atoms with Crippen LogP contribution in [0.4, 0.5) is 4.39 Å². The van der Waals surface area contributed by atoms with Gasteiger partial charge in [-0.25, -0.2) is 9.37 Å². The second-order valence-electron chi connectivity index (χ2n) is 4.55. The molecular weight excluding hydrogens is 267 g/mol. The van der Waals surface area contributed by atoms with Crippen LogP contribution >= 0.6 is 11.6 Å². The molecule has 0 amide bonds. The maximum Gasteiger partial charge on any atom is 0.224 e. The Kier molecular flexibility index (Phi) is 4.00. The summed E-state index contributed by atoms with van der Waals surface area (Å²) in [4.78, 5) is 8.35. The predicted octanol–water partition coefficient (Wildman–Crippen LogP) is 4.49. The fourth-order valence-corrected chi connectivity index (χ4v) is 1.66. The minimum atomic E-state index is -0.318. The van der Waals surface area contributed by atoms with E-state index in [9.17, 15) is 4.39 Å². The fraction of sp³-hybridized carbons (Fsp3) is 0.286. The molecule has 0 aliphatic heterocycles. The summed E-state index contributed by atoms with van der Waals surface area (Å²) in [6.45, 7) is 5.61. The van der Waals surface area contributed by atoms with Gasteiger partial charge in [0, 0.05) is 18.1 Å². The predicted molar refractivity (Wildman–Crippen MR) is 72.3 cm³/mol. The van der Waals surface area contributed by atoms with Crippen LogP contribution in [0.3, 0.4) is 0 Å². The molecule has 0 aliphatic rings. The van der Waals surface area contributed by atoms with Gasteiger partial charge in [-0.05, 0) is 18.6 Å². The molecule has 2 rings (SSSR count). The second kappa shape index (κ2) is 5.53. The number of nitrogens with zero attached hydrogens (tertiary/aromatic N) is 2. The van der Waals surface area contributed by atoms with Gasteiger partial charge in [0.15, 0.2) is 0 Å². The molecule has 0 fully saturated rings. The monoisotopic (exact) mass is 280 g/mol. The molecule has 0 bridgehead atoms. The van der Waals surface area contributed by atoms with Gasteiger partial charge in [0.05, 0.1) is 0 Å². The molecule has 0 atom stereocenters. The number of hydrogen-bond donors (Lipinski definition) is 0. The fourth-order valence-electron chi connectivity index (χ4n) is 1.48. The molecule has 1 heterocycles. The minimum absolute atomic E-state index is 0.135. The molecule has 2 aromatic rings. The van der Waals surface area contributed by atoms with Crippen molar-refractivity contribution in [1.82, 2.24) is 9.97 Å². The van der Waals surface area contributed by atoms with Crippen molar-refractivity contribution < 1.29 is 9.13 Å². The van der Waals surface area contributed by atoms with Gasteiger partial charge in [0.25, 0.3) is 0 Å². The lowest BCUT2D eigenvalue weighted by molar-refractivity contribution is 0.452. The number of ether oxygens (including phenoxy) is 1. The Morgan fingerprint density at radius 2 is 1.95 bits per heavy atom. The Morgan fingerprint density at radius 3 is 2.58 bits per heavy atom. The first-order valence-electron chi connectivity index (χ1n) is 5.94. The first-order chi connectivity index (χ1) is 8.95. The number of benzene rings is 1. The Labute approximate surface area is 116 Å². The topological polar surface area (TPSA) is 35.0 Å². The molecule has 3 nitrogen and oxygen atoms in total. The van der Waals surface area contributed by atoms with Crippen LogP contribution in [0.25, 0.3) is 0 Å². The number of hydrogen-bond acceptors (Lipinski definition) is 3.